The van der Waals surface area contributed by atoms with Crippen molar-refractivity contribution in [3.63, 3.8) is 0 Å². The third-order valence-corrected chi connectivity index (χ3v) is 4.76. The number of nitrogens with one attached hydrogen (secondary N) is 3. The van der Waals surface area contributed by atoms with Gasteiger partial charge in [0.2, 0.25) is 11.9 Å². The molecule has 1 heterocycles. The Kier molecular flexibility index (Phi) is 7.61. The first kappa shape index (κ1) is 22.3. The van der Waals surface area contributed by atoms with Crippen molar-refractivity contribution in [2.24, 2.45) is 4.99 Å². The Labute approximate surface area is 182 Å². The zero-order chi connectivity index (χ0) is 22.2. The van der Waals surface area contributed by atoms with Gasteiger partial charge in [-0.05, 0) is 55.7 Å². The number of methoxy groups -OCH3 is 1. The summed E-state index contributed by atoms with van der Waals surface area (Å²) in [4.78, 5) is 28.8. The lowest BCUT2D eigenvalue weighted by Gasteiger charge is -2.16. The minimum atomic E-state index is -0.350. The van der Waals surface area contributed by atoms with E-state index in [0.717, 1.165) is 25.0 Å². The zero-order valence-electron chi connectivity index (χ0n) is 18.0. The molecule has 0 radical (unpaired) electrons. The first-order valence-electron chi connectivity index (χ1n) is 10.2. The van der Waals surface area contributed by atoms with E-state index >= 15 is 0 Å². The molecule has 0 aliphatic carbocycles. The summed E-state index contributed by atoms with van der Waals surface area (Å²) in [5, 5.41) is 8.69. The van der Waals surface area contributed by atoms with Crippen LogP contribution in [0.15, 0.2) is 47.5 Å². The number of anilines is 2. The Morgan fingerprint density at radius 2 is 2.03 bits per heavy atom. The number of guanidine groups is 1. The Balaban J connectivity index is 1.81. The van der Waals surface area contributed by atoms with E-state index in [0.29, 0.717) is 35.2 Å². The van der Waals surface area contributed by atoms with Gasteiger partial charge >= 0.3 is 0 Å². The molecule has 0 spiro atoms. The normalized spacial score (nSPS) is 16.0. The molecule has 2 amide bonds. The van der Waals surface area contributed by atoms with E-state index in [1.54, 1.807) is 31.4 Å². The smallest absolute Gasteiger partial charge is 0.258 e. The SMILES string of the molecule is COc1ccc(C)cc1NC(=NC[C@@H]1CCCO1)NC(=O)c1cccc(NC(C)=O)c1. The van der Waals surface area contributed by atoms with Gasteiger partial charge in [0.25, 0.3) is 5.91 Å². The van der Waals surface area contributed by atoms with Gasteiger partial charge in [-0.15, -0.1) is 0 Å². The highest BCUT2D eigenvalue weighted by atomic mass is 16.5. The number of amides is 2. The van der Waals surface area contributed by atoms with Crippen LogP contribution in [0.4, 0.5) is 11.4 Å². The number of aliphatic imine (C=N–C) groups is 1. The van der Waals surface area contributed by atoms with Crippen LogP contribution in [-0.2, 0) is 9.53 Å². The number of carbonyl (C=O) groups excluding carboxylic acids is 2. The molecule has 1 saturated heterocycles. The van der Waals surface area contributed by atoms with Gasteiger partial charge in [0, 0.05) is 24.8 Å². The molecule has 1 aliphatic heterocycles. The molecule has 2 aromatic rings. The first-order chi connectivity index (χ1) is 14.9. The van der Waals surface area contributed by atoms with Crippen LogP contribution in [0.1, 0.15) is 35.7 Å². The molecular formula is C23H28N4O4. The van der Waals surface area contributed by atoms with Crippen LogP contribution in [0, 0.1) is 6.92 Å². The molecule has 3 N–H and O–H groups in total. The number of ether oxygens (including phenoxy) is 2. The maximum atomic E-state index is 12.9. The summed E-state index contributed by atoms with van der Waals surface area (Å²) in [7, 11) is 1.59. The lowest BCUT2D eigenvalue weighted by molar-refractivity contribution is -0.114. The quantitative estimate of drug-likeness (QED) is 0.488. The van der Waals surface area contributed by atoms with Crippen LogP contribution in [0.3, 0.4) is 0 Å². The molecule has 2 aromatic carbocycles. The monoisotopic (exact) mass is 424 g/mol. The van der Waals surface area contributed by atoms with Gasteiger partial charge in [-0.2, -0.15) is 0 Å². The second-order valence-corrected chi connectivity index (χ2v) is 7.37. The van der Waals surface area contributed by atoms with Crippen molar-refractivity contribution < 1.29 is 19.1 Å². The van der Waals surface area contributed by atoms with Gasteiger partial charge in [0.1, 0.15) is 5.75 Å². The van der Waals surface area contributed by atoms with Gasteiger partial charge in [-0.1, -0.05) is 12.1 Å². The van der Waals surface area contributed by atoms with Crippen molar-refractivity contribution in [3.05, 3.63) is 53.6 Å². The van der Waals surface area contributed by atoms with Gasteiger partial charge < -0.3 is 20.1 Å². The molecule has 0 aromatic heterocycles. The van der Waals surface area contributed by atoms with Crippen LogP contribution in [-0.4, -0.2) is 44.1 Å². The summed E-state index contributed by atoms with van der Waals surface area (Å²) in [5.41, 5.74) is 2.68. The van der Waals surface area contributed by atoms with Crippen molar-refractivity contribution in [1.82, 2.24) is 5.32 Å². The first-order valence-corrected chi connectivity index (χ1v) is 10.2. The maximum Gasteiger partial charge on any atom is 0.258 e. The van der Waals surface area contributed by atoms with Crippen molar-refractivity contribution in [3.8, 4) is 5.75 Å². The zero-order valence-corrected chi connectivity index (χ0v) is 18.0. The molecule has 8 nitrogen and oxygen atoms in total. The Bertz CT molecular complexity index is 968. The predicted molar refractivity (Wildman–Crippen MR) is 121 cm³/mol. The van der Waals surface area contributed by atoms with Gasteiger partial charge in [-0.25, -0.2) is 4.99 Å². The van der Waals surface area contributed by atoms with Crippen LogP contribution in [0.2, 0.25) is 0 Å². The number of hydrogen-bond acceptors (Lipinski definition) is 5. The van der Waals surface area contributed by atoms with E-state index < -0.39 is 0 Å². The summed E-state index contributed by atoms with van der Waals surface area (Å²) in [5.74, 6) is 0.383. The number of nitrogens with zero attached hydrogens (tertiary/aromatic N) is 1. The van der Waals surface area contributed by atoms with E-state index in [1.807, 2.05) is 25.1 Å². The topological polar surface area (TPSA) is 101 Å². The van der Waals surface area contributed by atoms with Crippen molar-refractivity contribution >= 4 is 29.1 Å². The fourth-order valence-corrected chi connectivity index (χ4v) is 3.26. The molecule has 164 valence electrons. The molecule has 8 heteroatoms. The van der Waals surface area contributed by atoms with E-state index in [9.17, 15) is 9.59 Å². The van der Waals surface area contributed by atoms with Crippen LogP contribution >= 0.6 is 0 Å². The predicted octanol–water partition coefficient (Wildman–Crippen LogP) is 3.34. The molecule has 1 fully saturated rings. The van der Waals surface area contributed by atoms with Gasteiger partial charge in [-0.3, -0.25) is 14.9 Å². The summed E-state index contributed by atoms with van der Waals surface area (Å²) in [6.07, 6.45) is 1.99. The summed E-state index contributed by atoms with van der Waals surface area (Å²) >= 11 is 0. The highest BCUT2D eigenvalue weighted by molar-refractivity contribution is 6.10. The van der Waals surface area contributed by atoms with Crippen molar-refractivity contribution in [1.29, 1.82) is 0 Å². The highest BCUT2D eigenvalue weighted by Crippen LogP contribution is 2.25. The molecule has 3 rings (SSSR count). The number of hydrogen-bond donors (Lipinski definition) is 3. The summed E-state index contributed by atoms with van der Waals surface area (Å²) in [6, 6.07) is 12.4. The maximum absolute atomic E-state index is 12.9. The molecule has 1 atom stereocenters. The fourth-order valence-electron chi connectivity index (χ4n) is 3.26. The Morgan fingerprint density at radius 1 is 1.19 bits per heavy atom. The summed E-state index contributed by atoms with van der Waals surface area (Å²) < 4.78 is 11.1. The average molecular weight is 425 g/mol. The molecule has 31 heavy (non-hydrogen) atoms. The van der Waals surface area contributed by atoms with Crippen molar-refractivity contribution in [2.75, 3.05) is 30.9 Å². The van der Waals surface area contributed by atoms with Gasteiger partial charge in [0.15, 0.2) is 0 Å². The summed E-state index contributed by atoms with van der Waals surface area (Å²) in [6.45, 7) is 4.56. The lowest BCUT2D eigenvalue weighted by atomic mass is 10.2. The number of rotatable bonds is 6. The van der Waals surface area contributed by atoms with Gasteiger partial charge in [0.05, 0.1) is 25.4 Å². The minimum absolute atomic E-state index is 0.0381. The molecule has 0 bridgehead atoms. The third kappa shape index (κ3) is 6.55. The second-order valence-electron chi connectivity index (χ2n) is 7.37. The Hall–Kier alpha value is -3.39. The van der Waals surface area contributed by atoms with Crippen molar-refractivity contribution in [2.45, 2.75) is 32.8 Å². The van der Waals surface area contributed by atoms with E-state index in [2.05, 4.69) is 20.9 Å². The molecule has 0 unspecified atom stereocenters. The highest BCUT2D eigenvalue weighted by Gasteiger charge is 2.17. The lowest BCUT2D eigenvalue weighted by Crippen LogP contribution is -2.37. The van der Waals surface area contributed by atoms with Crippen LogP contribution in [0.5, 0.6) is 5.75 Å². The van der Waals surface area contributed by atoms with E-state index in [-0.39, 0.29) is 17.9 Å². The fraction of sp³-hybridized carbons (Fsp3) is 0.348. The number of benzene rings is 2. The largest absolute Gasteiger partial charge is 0.495 e. The third-order valence-electron chi connectivity index (χ3n) is 4.76. The molecule has 1 aliphatic rings. The average Bonchev–Trinajstić information content (AvgIpc) is 3.25. The number of carbonyl (C=O) groups is 2. The van der Waals surface area contributed by atoms with Crippen LogP contribution in [0.25, 0.3) is 0 Å². The van der Waals surface area contributed by atoms with E-state index in [1.165, 1.54) is 6.92 Å². The van der Waals surface area contributed by atoms with E-state index in [4.69, 9.17) is 9.47 Å². The molecular weight excluding hydrogens is 396 g/mol. The minimum Gasteiger partial charge on any atom is -0.495 e. The standard InChI is InChI=1S/C23H28N4O4/c1-15-9-10-21(30-3)20(12-15)26-23(24-14-19-8-5-11-31-19)27-22(29)17-6-4-7-18(13-17)25-16(2)28/h4,6-7,9-10,12-13,19H,5,8,11,14H2,1-3H3,(H,25,28)(H2,24,26,27,29)/t19-/m0/s1. The second kappa shape index (κ2) is 10.6. The molecule has 0 saturated carbocycles. The Morgan fingerprint density at radius 3 is 2.74 bits per heavy atom. The number of aryl methyl sites for hydroxylation is 1. The van der Waals surface area contributed by atoms with Crippen LogP contribution < -0.4 is 20.7 Å².